The number of nitrogens with one attached hydrogen (secondary N) is 1. The van der Waals surface area contributed by atoms with Crippen molar-refractivity contribution in [2.24, 2.45) is 0 Å². The molecule has 1 aromatic heterocycles. The van der Waals surface area contributed by atoms with Crippen LogP contribution in [-0.2, 0) is 4.79 Å². The second kappa shape index (κ2) is 7.48. The summed E-state index contributed by atoms with van der Waals surface area (Å²) in [4.78, 5) is 12.0. The Morgan fingerprint density at radius 2 is 2.20 bits per heavy atom. The number of hydrogen-bond donors (Lipinski definition) is 1. The normalized spacial score (nSPS) is 18.4. The molecule has 1 aromatic rings. The summed E-state index contributed by atoms with van der Waals surface area (Å²) < 4.78 is 1.69. The highest BCUT2D eigenvalue weighted by atomic mass is 16.2. The van der Waals surface area contributed by atoms with Crippen molar-refractivity contribution in [2.75, 3.05) is 0 Å². The Labute approximate surface area is 120 Å². The van der Waals surface area contributed by atoms with Crippen LogP contribution in [0.5, 0.6) is 0 Å². The molecule has 1 unspecified atom stereocenters. The van der Waals surface area contributed by atoms with E-state index in [2.05, 4.69) is 23.6 Å². The van der Waals surface area contributed by atoms with Crippen molar-refractivity contribution in [2.45, 2.75) is 39.5 Å². The quantitative estimate of drug-likeness (QED) is 0.915. The maximum absolute atomic E-state index is 12.0. The summed E-state index contributed by atoms with van der Waals surface area (Å²) in [5, 5.41) is 7.03. The number of aromatic nitrogens is 2. The van der Waals surface area contributed by atoms with Crippen LogP contribution >= 0.6 is 0 Å². The molecule has 1 amide bonds. The monoisotopic (exact) mass is 273 g/mol. The van der Waals surface area contributed by atoms with Gasteiger partial charge in [-0.25, -0.2) is 4.68 Å². The SMILES string of the molecule is C=Cn1ncc(C2CCC(=C)NC2=O)c1/C=C\C.CC. The van der Waals surface area contributed by atoms with E-state index in [4.69, 9.17) is 0 Å². The van der Waals surface area contributed by atoms with E-state index in [1.54, 1.807) is 17.1 Å². The van der Waals surface area contributed by atoms with Crippen LogP contribution in [0.25, 0.3) is 12.3 Å². The molecule has 0 radical (unpaired) electrons. The molecular weight excluding hydrogens is 250 g/mol. The van der Waals surface area contributed by atoms with Crippen LogP contribution in [0.15, 0.2) is 31.1 Å². The van der Waals surface area contributed by atoms with Gasteiger partial charge in [-0.15, -0.1) is 0 Å². The van der Waals surface area contributed by atoms with Gasteiger partial charge in [-0.05, 0) is 25.8 Å². The molecule has 0 aromatic carbocycles. The summed E-state index contributed by atoms with van der Waals surface area (Å²) in [7, 11) is 0. The zero-order chi connectivity index (χ0) is 15.1. The number of nitrogens with zero attached hydrogens (tertiary/aromatic N) is 2. The number of piperidine rings is 1. The number of hydrogen-bond acceptors (Lipinski definition) is 2. The highest BCUT2D eigenvalue weighted by molar-refractivity contribution is 5.87. The molecule has 4 nitrogen and oxygen atoms in total. The van der Waals surface area contributed by atoms with Gasteiger partial charge >= 0.3 is 0 Å². The van der Waals surface area contributed by atoms with Gasteiger partial charge in [0.25, 0.3) is 0 Å². The van der Waals surface area contributed by atoms with Crippen molar-refractivity contribution in [1.29, 1.82) is 0 Å². The molecule has 0 aliphatic carbocycles. The predicted molar refractivity (Wildman–Crippen MR) is 83.9 cm³/mol. The fraction of sp³-hybridized carbons (Fsp3) is 0.375. The van der Waals surface area contributed by atoms with Crippen LogP contribution in [0.3, 0.4) is 0 Å². The highest BCUT2D eigenvalue weighted by Crippen LogP contribution is 2.30. The molecule has 1 aliphatic rings. The standard InChI is InChI=1S/C14H17N3O.C2H6/c1-4-6-13-12(9-15-17(13)5-2)11-8-7-10(3)16-14(11)18;1-2/h4-6,9,11H,2-3,7-8H2,1H3,(H,16,18);1-2H3/b6-4-;. The molecule has 4 heteroatoms. The van der Waals surface area contributed by atoms with Crippen molar-refractivity contribution < 1.29 is 4.79 Å². The minimum Gasteiger partial charge on any atom is -0.330 e. The number of carbonyl (C=O) groups excluding carboxylic acids is 1. The largest absolute Gasteiger partial charge is 0.330 e. The van der Waals surface area contributed by atoms with Crippen LogP contribution in [0.1, 0.15) is 50.8 Å². The Balaban J connectivity index is 0.000000956. The van der Waals surface area contributed by atoms with E-state index in [-0.39, 0.29) is 11.8 Å². The first-order chi connectivity index (χ1) is 9.67. The Kier molecular flexibility index (Phi) is 5.97. The number of rotatable bonds is 3. The topological polar surface area (TPSA) is 46.9 Å². The Bertz CT molecular complexity index is 526. The molecule has 1 N–H and O–H groups in total. The van der Waals surface area contributed by atoms with Crippen LogP contribution < -0.4 is 5.32 Å². The second-order valence-corrected chi connectivity index (χ2v) is 4.30. The third kappa shape index (κ3) is 3.26. The van der Waals surface area contributed by atoms with Gasteiger partial charge in [0.15, 0.2) is 0 Å². The number of carbonyl (C=O) groups is 1. The highest BCUT2D eigenvalue weighted by Gasteiger charge is 2.28. The van der Waals surface area contributed by atoms with Crippen LogP contribution in [0.2, 0.25) is 0 Å². The van der Waals surface area contributed by atoms with Gasteiger partial charge < -0.3 is 5.32 Å². The first-order valence-electron chi connectivity index (χ1n) is 6.98. The first kappa shape index (κ1) is 16.0. The van der Waals surface area contributed by atoms with Crippen molar-refractivity contribution in [3.63, 3.8) is 0 Å². The fourth-order valence-electron chi connectivity index (χ4n) is 2.20. The molecule has 1 atom stereocenters. The summed E-state index contributed by atoms with van der Waals surface area (Å²) in [6.45, 7) is 13.4. The maximum Gasteiger partial charge on any atom is 0.231 e. The summed E-state index contributed by atoms with van der Waals surface area (Å²) in [5.41, 5.74) is 2.65. The molecule has 1 aliphatic heterocycles. The lowest BCUT2D eigenvalue weighted by Crippen LogP contribution is -2.33. The van der Waals surface area contributed by atoms with Gasteiger partial charge in [0, 0.05) is 17.5 Å². The third-order valence-electron chi connectivity index (χ3n) is 3.09. The molecule has 2 heterocycles. The van der Waals surface area contributed by atoms with E-state index < -0.39 is 0 Å². The summed E-state index contributed by atoms with van der Waals surface area (Å²) in [5.74, 6) is -0.156. The zero-order valence-corrected chi connectivity index (χ0v) is 12.5. The average Bonchev–Trinajstić information content (AvgIpc) is 2.84. The second-order valence-electron chi connectivity index (χ2n) is 4.30. The van der Waals surface area contributed by atoms with Gasteiger partial charge in [-0.1, -0.05) is 33.1 Å². The molecule has 108 valence electrons. The van der Waals surface area contributed by atoms with Crippen LogP contribution in [0.4, 0.5) is 0 Å². The molecule has 2 rings (SSSR count). The van der Waals surface area contributed by atoms with Crippen LogP contribution in [0, 0.1) is 0 Å². The molecule has 0 bridgehead atoms. The van der Waals surface area contributed by atoms with E-state index in [9.17, 15) is 4.79 Å². The minimum atomic E-state index is -0.157. The molecule has 1 fully saturated rings. The van der Waals surface area contributed by atoms with E-state index in [0.29, 0.717) is 0 Å². The number of allylic oxidation sites excluding steroid dienone is 2. The Hall–Kier alpha value is -2.10. The molecule has 20 heavy (non-hydrogen) atoms. The maximum atomic E-state index is 12.0. The van der Waals surface area contributed by atoms with E-state index in [0.717, 1.165) is 29.8 Å². The minimum absolute atomic E-state index is 0.000570. The van der Waals surface area contributed by atoms with E-state index >= 15 is 0 Å². The lowest BCUT2D eigenvalue weighted by Gasteiger charge is -2.23. The number of amides is 1. The van der Waals surface area contributed by atoms with Crippen molar-refractivity contribution in [1.82, 2.24) is 15.1 Å². The summed E-state index contributed by atoms with van der Waals surface area (Å²) in [6.07, 6.45) is 8.84. The molecule has 0 saturated carbocycles. The van der Waals surface area contributed by atoms with Gasteiger partial charge in [0.1, 0.15) is 0 Å². The lowest BCUT2D eigenvalue weighted by molar-refractivity contribution is -0.122. The summed E-state index contributed by atoms with van der Waals surface area (Å²) >= 11 is 0. The Morgan fingerprint density at radius 1 is 1.50 bits per heavy atom. The lowest BCUT2D eigenvalue weighted by atomic mass is 9.90. The van der Waals surface area contributed by atoms with Gasteiger partial charge in [-0.3, -0.25) is 4.79 Å². The zero-order valence-electron chi connectivity index (χ0n) is 12.5. The molecule has 1 saturated heterocycles. The van der Waals surface area contributed by atoms with Crippen molar-refractivity contribution >= 4 is 18.2 Å². The van der Waals surface area contributed by atoms with Gasteiger partial charge in [-0.2, -0.15) is 5.10 Å². The van der Waals surface area contributed by atoms with Gasteiger partial charge in [0.05, 0.1) is 17.8 Å². The van der Waals surface area contributed by atoms with E-state index in [1.165, 1.54) is 0 Å². The van der Waals surface area contributed by atoms with Crippen molar-refractivity contribution in [3.05, 3.63) is 42.4 Å². The average molecular weight is 273 g/mol. The molecule has 0 spiro atoms. The summed E-state index contributed by atoms with van der Waals surface area (Å²) in [6, 6.07) is 0. The fourth-order valence-corrected chi connectivity index (χ4v) is 2.20. The Morgan fingerprint density at radius 3 is 2.75 bits per heavy atom. The predicted octanol–water partition coefficient (Wildman–Crippen LogP) is 3.55. The van der Waals surface area contributed by atoms with Crippen LogP contribution in [-0.4, -0.2) is 15.7 Å². The van der Waals surface area contributed by atoms with Crippen molar-refractivity contribution in [3.8, 4) is 0 Å². The van der Waals surface area contributed by atoms with Gasteiger partial charge in [0.2, 0.25) is 5.91 Å². The van der Waals surface area contributed by atoms with E-state index in [1.807, 2.05) is 32.9 Å². The third-order valence-corrected chi connectivity index (χ3v) is 3.09. The molecular formula is C16H23N3O. The first-order valence-corrected chi connectivity index (χ1v) is 6.98. The smallest absolute Gasteiger partial charge is 0.231 e.